The summed E-state index contributed by atoms with van der Waals surface area (Å²) in [6, 6.07) is 0. The monoisotopic (exact) mass is 181 g/mol. The van der Waals surface area contributed by atoms with E-state index in [0.717, 1.165) is 25.9 Å². The minimum absolute atomic E-state index is 0.672. The van der Waals surface area contributed by atoms with Gasteiger partial charge in [-0.25, -0.2) is 4.98 Å². The number of hydrogen-bond donors (Lipinski definition) is 1. The van der Waals surface area contributed by atoms with Crippen molar-refractivity contribution >= 4 is 0 Å². The largest absolute Gasteiger partial charge is 0.334 e. The highest BCUT2D eigenvalue weighted by molar-refractivity contribution is 4.98. The molecule has 1 aromatic heterocycles. The molecule has 0 aliphatic carbocycles. The molecule has 0 unspecified atom stereocenters. The van der Waals surface area contributed by atoms with E-state index in [1.54, 1.807) is 0 Å². The van der Waals surface area contributed by atoms with Gasteiger partial charge in [0.15, 0.2) is 0 Å². The zero-order valence-electron chi connectivity index (χ0n) is 8.53. The van der Waals surface area contributed by atoms with Crippen molar-refractivity contribution in [2.75, 3.05) is 6.54 Å². The lowest BCUT2D eigenvalue weighted by molar-refractivity contribution is 0.507. The fourth-order valence-corrected chi connectivity index (χ4v) is 1.40. The molecule has 0 saturated heterocycles. The molecule has 1 heterocycles. The van der Waals surface area contributed by atoms with Gasteiger partial charge in [-0.1, -0.05) is 13.8 Å². The average Bonchev–Trinajstić information content (AvgIpc) is 2.48. The van der Waals surface area contributed by atoms with Crippen LogP contribution in [-0.2, 0) is 13.0 Å². The van der Waals surface area contributed by atoms with Crippen molar-refractivity contribution in [3.63, 3.8) is 0 Å². The number of imidazole rings is 1. The SMILES string of the molecule is CC(C)Cn1cncc1CCCN. The number of hydrogen-bond acceptors (Lipinski definition) is 2. The first-order valence-electron chi connectivity index (χ1n) is 4.93. The van der Waals surface area contributed by atoms with Crippen molar-refractivity contribution in [1.29, 1.82) is 0 Å². The van der Waals surface area contributed by atoms with Crippen molar-refractivity contribution in [2.24, 2.45) is 11.7 Å². The summed E-state index contributed by atoms with van der Waals surface area (Å²) in [4.78, 5) is 4.15. The topological polar surface area (TPSA) is 43.8 Å². The van der Waals surface area contributed by atoms with E-state index >= 15 is 0 Å². The molecule has 2 N–H and O–H groups in total. The molecule has 0 aromatic carbocycles. The number of aromatic nitrogens is 2. The van der Waals surface area contributed by atoms with Gasteiger partial charge in [0.2, 0.25) is 0 Å². The van der Waals surface area contributed by atoms with Gasteiger partial charge in [-0.3, -0.25) is 0 Å². The maximum atomic E-state index is 5.47. The molecule has 0 amide bonds. The van der Waals surface area contributed by atoms with Gasteiger partial charge in [-0.15, -0.1) is 0 Å². The highest BCUT2D eigenvalue weighted by Gasteiger charge is 2.02. The van der Waals surface area contributed by atoms with Crippen LogP contribution in [-0.4, -0.2) is 16.1 Å². The van der Waals surface area contributed by atoms with Crippen molar-refractivity contribution < 1.29 is 0 Å². The van der Waals surface area contributed by atoms with Gasteiger partial charge in [0, 0.05) is 18.4 Å². The maximum absolute atomic E-state index is 5.47. The number of aryl methyl sites for hydroxylation is 1. The Bertz CT molecular complexity index is 240. The average molecular weight is 181 g/mol. The van der Waals surface area contributed by atoms with E-state index in [-0.39, 0.29) is 0 Å². The molecule has 3 nitrogen and oxygen atoms in total. The molecular formula is C10H19N3. The summed E-state index contributed by atoms with van der Waals surface area (Å²) < 4.78 is 2.22. The second kappa shape index (κ2) is 5.02. The number of nitrogens with two attached hydrogens (primary N) is 1. The Balaban J connectivity index is 2.55. The lowest BCUT2D eigenvalue weighted by Gasteiger charge is -2.09. The van der Waals surface area contributed by atoms with Crippen LogP contribution in [0.3, 0.4) is 0 Å². The predicted molar refractivity (Wildman–Crippen MR) is 54.4 cm³/mol. The lowest BCUT2D eigenvalue weighted by Crippen LogP contribution is -2.08. The molecule has 0 atom stereocenters. The molecule has 13 heavy (non-hydrogen) atoms. The van der Waals surface area contributed by atoms with Crippen LogP contribution in [0.25, 0.3) is 0 Å². The Morgan fingerprint density at radius 2 is 2.31 bits per heavy atom. The van der Waals surface area contributed by atoms with Crippen molar-refractivity contribution in [3.05, 3.63) is 18.2 Å². The third-order valence-electron chi connectivity index (χ3n) is 2.00. The molecule has 0 aliphatic rings. The Morgan fingerprint density at radius 1 is 1.54 bits per heavy atom. The molecule has 1 aromatic rings. The summed E-state index contributed by atoms with van der Waals surface area (Å²) in [5.74, 6) is 0.672. The number of rotatable bonds is 5. The van der Waals surface area contributed by atoms with Gasteiger partial charge in [0.1, 0.15) is 0 Å². The minimum atomic E-state index is 0.672. The molecule has 0 saturated carbocycles. The van der Waals surface area contributed by atoms with E-state index in [1.807, 2.05) is 12.5 Å². The molecule has 0 fully saturated rings. The maximum Gasteiger partial charge on any atom is 0.0948 e. The standard InChI is InChI=1S/C10H19N3/c1-9(2)7-13-8-12-6-10(13)4-3-5-11/h6,8-9H,3-5,7,11H2,1-2H3. The van der Waals surface area contributed by atoms with Gasteiger partial charge >= 0.3 is 0 Å². The molecule has 0 bridgehead atoms. The van der Waals surface area contributed by atoms with Gasteiger partial charge in [0.05, 0.1) is 6.33 Å². The summed E-state index contributed by atoms with van der Waals surface area (Å²) in [7, 11) is 0. The molecule has 1 rings (SSSR count). The predicted octanol–water partition coefficient (Wildman–Crippen LogP) is 1.43. The van der Waals surface area contributed by atoms with E-state index in [2.05, 4.69) is 23.4 Å². The summed E-state index contributed by atoms with van der Waals surface area (Å²) in [6.45, 7) is 6.24. The molecule has 0 spiro atoms. The number of nitrogens with zero attached hydrogens (tertiary/aromatic N) is 2. The first-order valence-corrected chi connectivity index (χ1v) is 4.93. The van der Waals surface area contributed by atoms with Crippen LogP contribution in [0.5, 0.6) is 0 Å². The first-order chi connectivity index (χ1) is 6.24. The van der Waals surface area contributed by atoms with Gasteiger partial charge in [0.25, 0.3) is 0 Å². The lowest BCUT2D eigenvalue weighted by atomic mass is 10.2. The molecule has 0 aliphatic heterocycles. The summed E-state index contributed by atoms with van der Waals surface area (Å²) in [6.07, 6.45) is 5.94. The van der Waals surface area contributed by atoms with Crippen LogP contribution in [0.15, 0.2) is 12.5 Å². The minimum Gasteiger partial charge on any atom is -0.334 e. The zero-order valence-corrected chi connectivity index (χ0v) is 8.53. The summed E-state index contributed by atoms with van der Waals surface area (Å²) >= 11 is 0. The Hall–Kier alpha value is -0.830. The van der Waals surface area contributed by atoms with E-state index < -0.39 is 0 Å². The summed E-state index contributed by atoms with van der Waals surface area (Å²) in [5.41, 5.74) is 6.77. The molecule has 74 valence electrons. The van der Waals surface area contributed by atoms with Crippen LogP contribution < -0.4 is 5.73 Å². The Morgan fingerprint density at radius 3 is 2.92 bits per heavy atom. The fourth-order valence-electron chi connectivity index (χ4n) is 1.40. The van der Waals surface area contributed by atoms with Crippen LogP contribution >= 0.6 is 0 Å². The molecule has 0 radical (unpaired) electrons. The smallest absolute Gasteiger partial charge is 0.0948 e. The first kappa shape index (κ1) is 10.3. The third kappa shape index (κ3) is 3.19. The van der Waals surface area contributed by atoms with Crippen LogP contribution in [0.4, 0.5) is 0 Å². The van der Waals surface area contributed by atoms with E-state index in [0.29, 0.717) is 5.92 Å². The quantitative estimate of drug-likeness (QED) is 0.746. The highest BCUT2D eigenvalue weighted by atomic mass is 15.0. The Kier molecular flexibility index (Phi) is 3.96. The van der Waals surface area contributed by atoms with E-state index in [9.17, 15) is 0 Å². The fraction of sp³-hybridized carbons (Fsp3) is 0.700. The van der Waals surface area contributed by atoms with E-state index in [1.165, 1.54) is 5.69 Å². The van der Waals surface area contributed by atoms with E-state index in [4.69, 9.17) is 5.73 Å². The van der Waals surface area contributed by atoms with Crippen molar-refractivity contribution in [3.8, 4) is 0 Å². The molecule has 3 heteroatoms. The van der Waals surface area contributed by atoms with Crippen LogP contribution in [0, 0.1) is 5.92 Å². The molecular weight excluding hydrogens is 162 g/mol. The second-order valence-electron chi connectivity index (χ2n) is 3.82. The van der Waals surface area contributed by atoms with Gasteiger partial charge < -0.3 is 10.3 Å². The third-order valence-corrected chi connectivity index (χ3v) is 2.00. The van der Waals surface area contributed by atoms with Crippen molar-refractivity contribution in [1.82, 2.24) is 9.55 Å². The van der Waals surface area contributed by atoms with Crippen LogP contribution in [0.1, 0.15) is 26.0 Å². The zero-order chi connectivity index (χ0) is 9.68. The van der Waals surface area contributed by atoms with Crippen LogP contribution in [0.2, 0.25) is 0 Å². The Labute approximate surface area is 80.0 Å². The normalized spacial score (nSPS) is 11.1. The highest BCUT2D eigenvalue weighted by Crippen LogP contribution is 2.06. The van der Waals surface area contributed by atoms with Crippen molar-refractivity contribution in [2.45, 2.75) is 33.2 Å². The van der Waals surface area contributed by atoms with Gasteiger partial charge in [-0.05, 0) is 25.3 Å². The summed E-state index contributed by atoms with van der Waals surface area (Å²) in [5, 5.41) is 0. The second-order valence-corrected chi connectivity index (χ2v) is 3.82. The van der Waals surface area contributed by atoms with Gasteiger partial charge in [-0.2, -0.15) is 0 Å².